The van der Waals surface area contributed by atoms with Crippen LogP contribution in [0.4, 0.5) is 0 Å². The number of ether oxygens (including phenoxy) is 2. The van der Waals surface area contributed by atoms with E-state index in [1.807, 2.05) is 18.2 Å². The van der Waals surface area contributed by atoms with Crippen LogP contribution in [0.15, 0.2) is 30.3 Å². The van der Waals surface area contributed by atoms with Crippen molar-refractivity contribution in [1.82, 2.24) is 5.32 Å². The van der Waals surface area contributed by atoms with Crippen LogP contribution in [-0.2, 0) is 9.53 Å². The Kier molecular flexibility index (Phi) is 6.92. The number of hydrogen-bond acceptors (Lipinski definition) is 4. The van der Waals surface area contributed by atoms with Crippen LogP contribution < -0.4 is 10.1 Å². The van der Waals surface area contributed by atoms with E-state index in [4.69, 9.17) is 9.47 Å². The van der Waals surface area contributed by atoms with Crippen LogP contribution in [0, 0.1) is 0 Å². The van der Waals surface area contributed by atoms with Crippen molar-refractivity contribution in [2.45, 2.75) is 25.6 Å². The van der Waals surface area contributed by atoms with E-state index in [1.54, 1.807) is 19.1 Å². The molecule has 2 unspecified atom stereocenters. The zero-order valence-electron chi connectivity index (χ0n) is 11.3. The first kappa shape index (κ1) is 15.5. The third-order valence-corrected chi connectivity index (χ3v) is 2.56. The molecular formula is C14H21NO4. The van der Waals surface area contributed by atoms with Crippen LogP contribution in [-0.4, -0.2) is 43.5 Å². The molecule has 1 rings (SSSR count). The summed E-state index contributed by atoms with van der Waals surface area (Å²) in [5.74, 6) is 0.457. The highest BCUT2D eigenvalue weighted by atomic mass is 16.5. The maximum atomic E-state index is 11.7. The lowest BCUT2D eigenvalue weighted by molar-refractivity contribution is -0.127. The molecule has 106 valence electrons. The molecule has 1 amide bonds. The van der Waals surface area contributed by atoms with Gasteiger partial charge in [-0.15, -0.1) is 0 Å². The number of hydrogen-bond donors (Lipinski definition) is 2. The lowest BCUT2D eigenvalue weighted by atomic mass is 10.2. The number of methoxy groups -OCH3 is 1. The van der Waals surface area contributed by atoms with Gasteiger partial charge in [0.05, 0.1) is 12.7 Å². The minimum absolute atomic E-state index is 0.200. The van der Waals surface area contributed by atoms with Gasteiger partial charge in [-0.25, -0.2) is 0 Å². The van der Waals surface area contributed by atoms with E-state index < -0.39 is 12.2 Å². The quantitative estimate of drug-likeness (QED) is 0.736. The third kappa shape index (κ3) is 6.22. The van der Waals surface area contributed by atoms with E-state index in [9.17, 15) is 9.90 Å². The fourth-order valence-electron chi connectivity index (χ4n) is 1.54. The molecule has 5 nitrogen and oxygen atoms in total. The van der Waals surface area contributed by atoms with Crippen molar-refractivity contribution in [3.8, 4) is 5.75 Å². The van der Waals surface area contributed by atoms with E-state index >= 15 is 0 Å². The van der Waals surface area contributed by atoms with E-state index in [0.717, 1.165) is 0 Å². The second kappa shape index (κ2) is 8.50. The van der Waals surface area contributed by atoms with Crippen molar-refractivity contribution >= 4 is 5.91 Å². The van der Waals surface area contributed by atoms with E-state index in [-0.39, 0.29) is 12.5 Å². The molecular weight excluding hydrogens is 246 g/mol. The molecule has 0 aliphatic carbocycles. The zero-order valence-corrected chi connectivity index (χ0v) is 11.3. The summed E-state index contributed by atoms with van der Waals surface area (Å²) in [6.07, 6.45) is -0.671. The van der Waals surface area contributed by atoms with E-state index in [2.05, 4.69) is 5.32 Å². The maximum absolute atomic E-state index is 11.7. The average molecular weight is 267 g/mol. The second-order valence-electron chi connectivity index (χ2n) is 4.26. The van der Waals surface area contributed by atoms with E-state index in [0.29, 0.717) is 18.7 Å². The van der Waals surface area contributed by atoms with Crippen molar-refractivity contribution in [3.63, 3.8) is 0 Å². The minimum Gasteiger partial charge on any atom is -0.481 e. The first-order valence-corrected chi connectivity index (χ1v) is 6.30. The Labute approximate surface area is 113 Å². The number of aliphatic hydroxyl groups excluding tert-OH is 1. The zero-order chi connectivity index (χ0) is 14.1. The maximum Gasteiger partial charge on any atom is 0.260 e. The normalized spacial score (nSPS) is 13.6. The molecule has 0 aromatic heterocycles. The van der Waals surface area contributed by atoms with Crippen LogP contribution in [0.1, 0.15) is 13.3 Å². The monoisotopic (exact) mass is 267 g/mol. The number of rotatable bonds is 8. The number of amides is 1. The molecule has 0 bridgehead atoms. The van der Waals surface area contributed by atoms with Gasteiger partial charge in [0, 0.05) is 13.7 Å². The van der Waals surface area contributed by atoms with Crippen LogP contribution in [0.25, 0.3) is 0 Å². The largest absolute Gasteiger partial charge is 0.481 e. The lowest BCUT2D eigenvalue weighted by Crippen LogP contribution is -2.38. The number of nitrogens with one attached hydrogen (secondary N) is 1. The summed E-state index contributed by atoms with van der Waals surface area (Å²) in [6, 6.07) is 9.18. The summed E-state index contributed by atoms with van der Waals surface area (Å²) in [4.78, 5) is 11.7. The molecule has 0 aliphatic heterocycles. The molecule has 19 heavy (non-hydrogen) atoms. The van der Waals surface area contributed by atoms with Crippen molar-refractivity contribution < 1.29 is 19.4 Å². The van der Waals surface area contributed by atoms with Gasteiger partial charge in [0.15, 0.2) is 6.10 Å². The standard InChI is InChI=1S/C14H21NO4/c1-11(19-13-6-4-3-5-7-13)14(17)15-9-8-12(16)10-18-2/h3-7,11-12,16H,8-10H2,1-2H3,(H,15,17). The number of carbonyl (C=O) groups excluding carboxylic acids is 1. The molecule has 0 spiro atoms. The van der Waals surface area contributed by atoms with Gasteiger partial charge in [0.2, 0.25) is 0 Å². The molecule has 0 saturated heterocycles. The minimum atomic E-state index is -0.568. The van der Waals surface area contributed by atoms with Gasteiger partial charge in [0.1, 0.15) is 5.75 Å². The summed E-state index contributed by atoms with van der Waals surface area (Å²) in [5.41, 5.74) is 0. The van der Waals surface area contributed by atoms with Gasteiger partial charge in [-0.3, -0.25) is 4.79 Å². The van der Waals surface area contributed by atoms with Crippen LogP contribution in [0.2, 0.25) is 0 Å². The summed E-state index contributed by atoms with van der Waals surface area (Å²) >= 11 is 0. The Morgan fingerprint density at radius 2 is 2.05 bits per heavy atom. The van der Waals surface area contributed by atoms with Crippen LogP contribution in [0.5, 0.6) is 5.75 Å². The molecule has 1 aromatic rings. The summed E-state index contributed by atoms with van der Waals surface area (Å²) in [6.45, 7) is 2.35. The molecule has 0 saturated carbocycles. The molecule has 2 N–H and O–H groups in total. The highest BCUT2D eigenvalue weighted by molar-refractivity contribution is 5.80. The fourth-order valence-corrected chi connectivity index (χ4v) is 1.54. The first-order chi connectivity index (χ1) is 9.13. The summed E-state index contributed by atoms with van der Waals surface area (Å²) in [5, 5.41) is 12.1. The predicted molar refractivity (Wildman–Crippen MR) is 72.0 cm³/mol. The fraction of sp³-hybridized carbons (Fsp3) is 0.500. The summed E-state index contributed by atoms with van der Waals surface area (Å²) in [7, 11) is 1.53. The molecule has 0 heterocycles. The van der Waals surface area contributed by atoms with Crippen LogP contribution >= 0.6 is 0 Å². The molecule has 0 aliphatic rings. The van der Waals surface area contributed by atoms with Gasteiger partial charge < -0.3 is 19.9 Å². The Morgan fingerprint density at radius 3 is 2.68 bits per heavy atom. The number of benzene rings is 1. The second-order valence-corrected chi connectivity index (χ2v) is 4.26. The lowest BCUT2D eigenvalue weighted by Gasteiger charge is -2.15. The van der Waals surface area contributed by atoms with Crippen molar-refractivity contribution in [1.29, 1.82) is 0 Å². The van der Waals surface area contributed by atoms with Crippen molar-refractivity contribution in [2.24, 2.45) is 0 Å². The smallest absolute Gasteiger partial charge is 0.260 e. The molecule has 0 fully saturated rings. The third-order valence-electron chi connectivity index (χ3n) is 2.56. The number of para-hydroxylation sites is 1. The van der Waals surface area contributed by atoms with E-state index in [1.165, 1.54) is 7.11 Å². The van der Waals surface area contributed by atoms with Gasteiger partial charge in [0.25, 0.3) is 5.91 Å². The Hall–Kier alpha value is -1.59. The van der Waals surface area contributed by atoms with Gasteiger partial charge in [-0.05, 0) is 25.5 Å². The topological polar surface area (TPSA) is 67.8 Å². The molecule has 2 atom stereocenters. The van der Waals surface area contributed by atoms with Gasteiger partial charge >= 0.3 is 0 Å². The van der Waals surface area contributed by atoms with Crippen molar-refractivity contribution in [2.75, 3.05) is 20.3 Å². The summed E-state index contributed by atoms with van der Waals surface area (Å²) < 4.78 is 10.3. The Bertz CT molecular complexity index is 369. The molecule has 0 radical (unpaired) electrons. The van der Waals surface area contributed by atoms with Crippen molar-refractivity contribution in [3.05, 3.63) is 30.3 Å². The Morgan fingerprint density at radius 1 is 1.37 bits per heavy atom. The Balaban J connectivity index is 2.25. The number of aliphatic hydroxyl groups is 1. The first-order valence-electron chi connectivity index (χ1n) is 6.30. The SMILES string of the molecule is COCC(O)CCNC(=O)C(C)Oc1ccccc1. The highest BCUT2D eigenvalue weighted by Crippen LogP contribution is 2.10. The predicted octanol–water partition coefficient (Wildman–Crippen LogP) is 0.967. The molecule has 5 heteroatoms. The van der Waals surface area contributed by atoms with Crippen LogP contribution in [0.3, 0.4) is 0 Å². The molecule has 1 aromatic carbocycles. The average Bonchev–Trinajstić information content (AvgIpc) is 2.40. The van der Waals surface area contributed by atoms with Gasteiger partial charge in [-0.1, -0.05) is 18.2 Å². The highest BCUT2D eigenvalue weighted by Gasteiger charge is 2.14. The van der Waals surface area contributed by atoms with Gasteiger partial charge in [-0.2, -0.15) is 0 Å². The number of carbonyl (C=O) groups is 1.